The van der Waals surface area contributed by atoms with Crippen LogP contribution in [0.2, 0.25) is 0 Å². The maximum atomic E-state index is 5.24. The molecule has 17 heavy (non-hydrogen) atoms. The summed E-state index contributed by atoms with van der Waals surface area (Å²) in [7, 11) is 0. The number of hydrogen-bond acceptors (Lipinski definition) is 1. The summed E-state index contributed by atoms with van der Waals surface area (Å²) in [5, 5.41) is 2.04. The minimum absolute atomic E-state index is 0.329. The predicted octanol–water partition coefficient (Wildman–Crippen LogP) is 6.32. The van der Waals surface area contributed by atoms with Gasteiger partial charge in [0.05, 0.1) is 0 Å². The minimum atomic E-state index is 0.329. The Bertz CT molecular complexity index is 176. The topological polar surface area (TPSA) is 0 Å². The van der Waals surface area contributed by atoms with Gasteiger partial charge in [0.1, 0.15) is 0 Å². The molecular weight excluding hydrogens is 224 g/mol. The van der Waals surface area contributed by atoms with Gasteiger partial charge < -0.3 is 0 Å². The number of thiocarbonyl (C=S) groups is 1. The van der Waals surface area contributed by atoms with E-state index in [-0.39, 0.29) is 0 Å². The van der Waals surface area contributed by atoms with Gasteiger partial charge in [-0.05, 0) is 23.6 Å². The molecule has 0 radical (unpaired) electrons. The fraction of sp³-hybridized carbons (Fsp3) is 0.938. The van der Waals surface area contributed by atoms with Gasteiger partial charge in [0.2, 0.25) is 0 Å². The third-order valence-electron chi connectivity index (χ3n) is 3.74. The average molecular weight is 256 g/mol. The van der Waals surface area contributed by atoms with Crippen molar-refractivity contribution in [3.05, 3.63) is 0 Å². The number of unbranched alkanes of at least 4 members (excludes halogenated alkanes) is 7. The maximum Gasteiger partial charge on any atom is -0.00419 e. The van der Waals surface area contributed by atoms with Crippen molar-refractivity contribution < 1.29 is 0 Å². The molecule has 0 aliphatic carbocycles. The lowest BCUT2D eigenvalue weighted by Gasteiger charge is -2.24. The summed E-state index contributed by atoms with van der Waals surface area (Å²) in [6.45, 7) is 6.90. The standard InChI is InChI=1S/C16H32S/c1-4-6-8-10-12-14-16(3,15-17)13-11-9-7-5-2/h15H,4-14H2,1-3H3. The van der Waals surface area contributed by atoms with Crippen molar-refractivity contribution >= 4 is 17.6 Å². The quantitative estimate of drug-likeness (QED) is 0.291. The van der Waals surface area contributed by atoms with Gasteiger partial charge in [-0.3, -0.25) is 0 Å². The first-order valence-corrected chi connectivity index (χ1v) is 8.12. The van der Waals surface area contributed by atoms with Crippen LogP contribution >= 0.6 is 12.2 Å². The van der Waals surface area contributed by atoms with E-state index in [1.165, 1.54) is 70.6 Å². The fourth-order valence-electron chi connectivity index (χ4n) is 2.33. The molecule has 1 unspecified atom stereocenters. The predicted molar refractivity (Wildman–Crippen MR) is 83.9 cm³/mol. The highest BCUT2D eigenvalue weighted by molar-refractivity contribution is 7.79. The molecular formula is C16H32S. The number of rotatable bonds is 12. The maximum absolute atomic E-state index is 5.24. The molecule has 0 fully saturated rings. The molecule has 0 rings (SSSR count). The summed E-state index contributed by atoms with van der Waals surface area (Å²) in [5.74, 6) is 0. The Morgan fingerprint density at radius 3 is 1.59 bits per heavy atom. The van der Waals surface area contributed by atoms with Gasteiger partial charge in [-0.15, -0.1) is 0 Å². The first-order valence-electron chi connectivity index (χ1n) is 7.65. The van der Waals surface area contributed by atoms with Crippen LogP contribution in [-0.4, -0.2) is 5.37 Å². The lowest BCUT2D eigenvalue weighted by Crippen LogP contribution is -2.17. The molecule has 0 N–H and O–H groups in total. The van der Waals surface area contributed by atoms with Crippen molar-refractivity contribution in [3.8, 4) is 0 Å². The molecule has 0 aromatic rings. The van der Waals surface area contributed by atoms with Crippen LogP contribution in [0.5, 0.6) is 0 Å². The molecule has 0 aromatic heterocycles. The highest BCUT2D eigenvalue weighted by atomic mass is 32.1. The lowest BCUT2D eigenvalue weighted by molar-refractivity contribution is 0.368. The van der Waals surface area contributed by atoms with Gasteiger partial charge in [0, 0.05) is 0 Å². The lowest BCUT2D eigenvalue weighted by atomic mass is 9.81. The van der Waals surface area contributed by atoms with Gasteiger partial charge in [-0.2, -0.15) is 0 Å². The van der Waals surface area contributed by atoms with Crippen LogP contribution < -0.4 is 0 Å². The Morgan fingerprint density at radius 2 is 1.18 bits per heavy atom. The summed E-state index contributed by atoms with van der Waals surface area (Å²) < 4.78 is 0. The molecule has 1 heteroatoms. The Kier molecular flexibility index (Phi) is 11.3. The molecule has 0 saturated heterocycles. The molecule has 0 aromatic carbocycles. The summed E-state index contributed by atoms with van der Waals surface area (Å²) in [6, 6.07) is 0. The summed E-state index contributed by atoms with van der Waals surface area (Å²) >= 11 is 5.24. The first-order chi connectivity index (χ1) is 8.18. The van der Waals surface area contributed by atoms with E-state index in [1.54, 1.807) is 0 Å². The second-order valence-corrected chi connectivity index (χ2v) is 5.98. The molecule has 0 amide bonds. The molecule has 1 atom stereocenters. The van der Waals surface area contributed by atoms with E-state index in [2.05, 4.69) is 20.8 Å². The zero-order valence-corrected chi connectivity index (χ0v) is 13.1. The van der Waals surface area contributed by atoms with Crippen molar-refractivity contribution in [2.75, 3.05) is 0 Å². The molecule has 102 valence electrons. The molecule has 0 aliphatic heterocycles. The normalized spacial score (nSPS) is 14.5. The zero-order valence-electron chi connectivity index (χ0n) is 12.3. The summed E-state index contributed by atoms with van der Waals surface area (Å²) in [6.07, 6.45) is 14.9. The van der Waals surface area contributed by atoms with Crippen molar-refractivity contribution in [3.63, 3.8) is 0 Å². The summed E-state index contributed by atoms with van der Waals surface area (Å²) in [4.78, 5) is 0. The van der Waals surface area contributed by atoms with Crippen LogP contribution in [0.15, 0.2) is 0 Å². The van der Waals surface area contributed by atoms with E-state index in [0.717, 1.165) is 0 Å². The second-order valence-electron chi connectivity index (χ2n) is 5.75. The van der Waals surface area contributed by atoms with Crippen molar-refractivity contribution in [2.45, 2.75) is 91.4 Å². The van der Waals surface area contributed by atoms with Crippen LogP contribution in [0, 0.1) is 5.41 Å². The Labute approximate surface area is 115 Å². The zero-order chi connectivity index (χ0) is 13.0. The van der Waals surface area contributed by atoms with Gasteiger partial charge in [-0.25, -0.2) is 0 Å². The molecule has 0 nitrogen and oxygen atoms in total. The van der Waals surface area contributed by atoms with Crippen molar-refractivity contribution in [1.29, 1.82) is 0 Å². The van der Waals surface area contributed by atoms with E-state index in [1.807, 2.05) is 5.37 Å². The smallest absolute Gasteiger partial charge is 0.00419 e. The van der Waals surface area contributed by atoms with E-state index in [4.69, 9.17) is 12.2 Å². The first kappa shape index (κ1) is 17.1. The molecule has 0 spiro atoms. The number of hydrogen-bond donors (Lipinski definition) is 0. The van der Waals surface area contributed by atoms with Crippen LogP contribution in [0.3, 0.4) is 0 Å². The Balaban J connectivity index is 3.65. The van der Waals surface area contributed by atoms with Crippen LogP contribution in [0.4, 0.5) is 0 Å². The van der Waals surface area contributed by atoms with Crippen molar-refractivity contribution in [2.24, 2.45) is 5.41 Å². The average Bonchev–Trinajstić information content (AvgIpc) is 2.34. The van der Waals surface area contributed by atoms with E-state index in [0.29, 0.717) is 5.41 Å². The van der Waals surface area contributed by atoms with E-state index < -0.39 is 0 Å². The monoisotopic (exact) mass is 256 g/mol. The Hall–Kier alpha value is 0.0900. The van der Waals surface area contributed by atoms with Gasteiger partial charge in [0.15, 0.2) is 0 Å². The molecule has 0 heterocycles. The van der Waals surface area contributed by atoms with Gasteiger partial charge >= 0.3 is 0 Å². The van der Waals surface area contributed by atoms with E-state index >= 15 is 0 Å². The molecule has 0 aliphatic rings. The summed E-state index contributed by atoms with van der Waals surface area (Å²) in [5.41, 5.74) is 0.329. The van der Waals surface area contributed by atoms with Crippen LogP contribution in [-0.2, 0) is 0 Å². The highest BCUT2D eigenvalue weighted by Crippen LogP contribution is 2.29. The fourth-order valence-corrected chi connectivity index (χ4v) is 2.57. The van der Waals surface area contributed by atoms with Gasteiger partial charge in [-0.1, -0.05) is 90.8 Å². The largest absolute Gasteiger partial charge is 0.0929 e. The third-order valence-corrected chi connectivity index (χ3v) is 4.31. The SMILES string of the molecule is CCCCCCCC(C)(C=S)CCCCCC. The highest BCUT2D eigenvalue weighted by Gasteiger charge is 2.19. The van der Waals surface area contributed by atoms with Crippen LogP contribution in [0.1, 0.15) is 91.4 Å². The minimum Gasteiger partial charge on any atom is -0.0929 e. The van der Waals surface area contributed by atoms with E-state index in [9.17, 15) is 0 Å². The third kappa shape index (κ3) is 9.76. The molecule has 0 bridgehead atoms. The van der Waals surface area contributed by atoms with Crippen LogP contribution in [0.25, 0.3) is 0 Å². The van der Waals surface area contributed by atoms with Gasteiger partial charge in [0.25, 0.3) is 0 Å². The van der Waals surface area contributed by atoms with Crippen molar-refractivity contribution in [1.82, 2.24) is 0 Å². The second kappa shape index (κ2) is 11.2. The Morgan fingerprint density at radius 1 is 0.765 bits per heavy atom. The molecule has 0 saturated carbocycles.